The van der Waals surface area contributed by atoms with Gasteiger partial charge in [-0.25, -0.2) is 0 Å². The molecule has 0 fully saturated rings. The van der Waals surface area contributed by atoms with Gasteiger partial charge in [-0.05, 0) is 12.8 Å². The van der Waals surface area contributed by atoms with Crippen molar-refractivity contribution in [2.75, 3.05) is 0 Å². The summed E-state index contributed by atoms with van der Waals surface area (Å²) in [6, 6.07) is 0. The van der Waals surface area contributed by atoms with Crippen LogP contribution in [0.2, 0.25) is 0 Å². The summed E-state index contributed by atoms with van der Waals surface area (Å²) in [6.45, 7) is 1.44. The minimum atomic E-state index is 0.750. The van der Waals surface area contributed by atoms with Gasteiger partial charge in [-0.1, -0.05) is 12.2 Å². The molecule has 30 valence electrons. The first-order valence-electron chi connectivity index (χ1n) is 1.10. The van der Waals surface area contributed by atoms with E-state index >= 15 is 0 Å². The maximum Gasteiger partial charge on any atom is 0.116 e. The zero-order valence-corrected chi connectivity index (χ0v) is 3.92. The lowest BCUT2D eigenvalue weighted by Gasteiger charge is -1.23. The molecule has 0 aliphatic rings. The van der Waals surface area contributed by atoms with Crippen molar-refractivity contribution in [1.82, 2.24) is 0 Å². The summed E-state index contributed by atoms with van der Waals surface area (Å²) in [5, 5.41) is 0. The number of hydrogen-bond acceptors (Lipinski definition) is 2. The number of carbonyl (C=O) groups is 1. The van der Waals surface area contributed by atoms with Gasteiger partial charge in [0.2, 0.25) is 0 Å². The molecule has 0 aliphatic heterocycles. The fourth-order valence-electron chi connectivity index (χ4n) is 0. The number of aldehydes is 1. The first kappa shape index (κ1) is 8.83. The summed E-state index contributed by atoms with van der Waals surface area (Å²) < 4.78 is 0. The number of hydrogen-bond donors (Lipinski definition) is 0. The van der Waals surface area contributed by atoms with E-state index < -0.39 is 0 Å². The van der Waals surface area contributed by atoms with Crippen molar-refractivity contribution < 1.29 is 4.79 Å². The third-order valence-electron chi connectivity index (χ3n) is 0. The third kappa shape index (κ3) is 202. The Morgan fingerprint density at radius 2 is 1.80 bits per heavy atom. The second-order valence-electron chi connectivity index (χ2n) is 0.236. The van der Waals surface area contributed by atoms with E-state index in [1.54, 1.807) is 0 Å². The van der Waals surface area contributed by atoms with Crippen LogP contribution in [0.3, 0.4) is 0 Å². The Kier molecular flexibility index (Phi) is 87.6. The number of rotatable bonds is 0. The zero-order chi connectivity index (χ0) is 4.71. The SMILES string of the molecule is C=S.CC=O. The van der Waals surface area contributed by atoms with Crippen LogP contribution in [0.5, 0.6) is 0 Å². The van der Waals surface area contributed by atoms with E-state index in [1.807, 2.05) is 0 Å². The van der Waals surface area contributed by atoms with E-state index in [-0.39, 0.29) is 0 Å². The Balaban J connectivity index is 0. The molecule has 0 saturated carbocycles. The van der Waals surface area contributed by atoms with Gasteiger partial charge in [0.15, 0.2) is 0 Å². The molecule has 0 bridgehead atoms. The van der Waals surface area contributed by atoms with Crippen molar-refractivity contribution in [1.29, 1.82) is 0 Å². The minimum absolute atomic E-state index is 0.750. The lowest BCUT2D eigenvalue weighted by Crippen LogP contribution is -1.36. The second-order valence-corrected chi connectivity index (χ2v) is 0.236. The highest BCUT2D eigenvalue weighted by Gasteiger charge is 1.24. The van der Waals surface area contributed by atoms with Gasteiger partial charge in [-0.15, -0.1) is 0 Å². The van der Waals surface area contributed by atoms with Crippen LogP contribution in [0.4, 0.5) is 0 Å². The average molecular weight is 90.1 g/mol. The molecule has 0 spiro atoms. The normalized spacial score (nSPS) is 3.40. The van der Waals surface area contributed by atoms with Crippen LogP contribution >= 0.6 is 12.2 Å². The smallest absolute Gasteiger partial charge is 0.116 e. The molecule has 5 heavy (non-hydrogen) atoms. The summed E-state index contributed by atoms with van der Waals surface area (Å²) >= 11 is 3.83. The molecule has 0 amide bonds. The van der Waals surface area contributed by atoms with Gasteiger partial charge in [0.1, 0.15) is 6.29 Å². The Morgan fingerprint density at radius 3 is 1.80 bits per heavy atom. The average Bonchev–Trinajstić information content (AvgIpc) is 1.46. The number of thiocarbonyl (C=S) groups is 1. The van der Waals surface area contributed by atoms with Crippen LogP contribution in [-0.4, -0.2) is 12.2 Å². The molecule has 0 aromatic rings. The standard InChI is InChI=1S/C2H4O.CH2S/c1-2-3;1-2/h2H,1H3;1H2. The maximum atomic E-state index is 8.81. The van der Waals surface area contributed by atoms with E-state index in [0.717, 1.165) is 6.29 Å². The molecule has 0 saturated heterocycles. The highest BCUT2D eigenvalue weighted by molar-refractivity contribution is 7.77. The van der Waals surface area contributed by atoms with Gasteiger partial charge in [0, 0.05) is 0 Å². The molecule has 0 rings (SSSR count). The first-order valence-corrected chi connectivity index (χ1v) is 1.68. The molecule has 0 unspecified atom stereocenters. The van der Waals surface area contributed by atoms with Crippen molar-refractivity contribution in [3.63, 3.8) is 0 Å². The van der Waals surface area contributed by atoms with Crippen molar-refractivity contribution in [3.8, 4) is 0 Å². The van der Waals surface area contributed by atoms with Crippen LogP contribution in [0.25, 0.3) is 0 Å². The van der Waals surface area contributed by atoms with E-state index in [4.69, 9.17) is 4.79 Å². The third-order valence-corrected chi connectivity index (χ3v) is 0. The second kappa shape index (κ2) is 49.6. The van der Waals surface area contributed by atoms with Crippen LogP contribution in [-0.2, 0) is 4.79 Å². The van der Waals surface area contributed by atoms with Crippen LogP contribution in [0, 0.1) is 0 Å². The van der Waals surface area contributed by atoms with E-state index in [0.29, 0.717) is 0 Å². The van der Waals surface area contributed by atoms with E-state index in [2.05, 4.69) is 18.1 Å². The van der Waals surface area contributed by atoms with Gasteiger partial charge >= 0.3 is 0 Å². The van der Waals surface area contributed by atoms with E-state index in [9.17, 15) is 0 Å². The Morgan fingerprint density at radius 1 is 1.80 bits per heavy atom. The molecule has 0 aromatic heterocycles. The summed E-state index contributed by atoms with van der Waals surface area (Å²) in [5.74, 6) is 2.83. The minimum Gasteiger partial charge on any atom is -0.304 e. The fourth-order valence-corrected chi connectivity index (χ4v) is 0. The first-order chi connectivity index (χ1) is 2.41. The van der Waals surface area contributed by atoms with Crippen LogP contribution < -0.4 is 0 Å². The number of carbonyl (C=O) groups excluding carboxylic acids is 1. The summed E-state index contributed by atoms with van der Waals surface area (Å²) in [5.41, 5.74) is 0. The Hall–Kier alpha value is -0.240. The molecule has 0 atom stereocenters. The molecular weight excluding hydrogens is 84.1 g/mol. The molecule has 0 aromatic carbocycles. The van der Waals surface area contributed by atoms with Crippen molar-refractivity contribution >= 4 is 24.4 Å². The summed E-state index contributed by atoms with van der Waals surface area (Å²) in [6.07, 6.45) is 0.750. The highest BCUT2D eigenvalue weighted by atomic mass is 32.1. The molecule has 0 radical (unpaired) electrons. The van der Waals surface area contributed by atoms with Gasteiger partial charge in [-0.2, -0.15) is 0 Å². The van der Waals surface area contributed by atoms with Gasteiger partial charge in [0.05, 0.1) is 0 Å². The quantitative estimate of drug-likeness (QED) is 0.323. The van der Waals surface area contributed by atoms with Crippen LogP contribution in [0.1, 0.15) is 6.92 Å². The largest absolute Gasteiger partial charge is 0.304 e. The summed E-state index contributed by atoms with van der Waals surface area (Å²) in [7, 11) is 0. The van der Waals surface area contributed by atoms with Crippen molar-refractivity contribution in [2.45, 2.75) is 6.92 Å². The van der Waals surface area contributed by atoms with Gasteiger partial charge in [0.25, 0.3) is 0 Å². The zero-order valence-electron chi connectivity index (χ0n) is 3.10. The van der Waals surface area contributed by atoms with Gasteiger partial charge in [-0.3, -0.25) is 0 Å². The lowest BCUT2D eigenvalue weighted by atomic mass is 11.0. The Bertz CT molecular complexity index is 20.9. The predicted molar refractivity (Wildman–Crippen MR) is 26.4 cm³/mol. The molecule has 0 heterocycles. The Labute approximate surface area is 37.0 Å². The van der Waals surface area contributed by atoms with Crippen LogP contribution in [0.15, 0.2) is 0 Å². The molecule has 0 N–H and O–H groups in total. The summed E-state index contributed by atoms with van der Waals surface area (Å²) in [4.78, 5) is 8.81. The topological polar surface area (TPSA) is 17.1 Å². The monoisotopic (exact) mass is 90.0 g/mol. The molecule has 2 heteroatoms. The molecular formula is C3H6OS. The predicted octanol–water partition coefficient (Wildman–Crippen LogP) is 0.821. The van der Waals surface area contributed by atoms with Gasteiger partial charge < -0.3 is 4.79 Å². The van der Waals surface area contributed by atoms with Crippen molar-refractivity contribution in [2.24, 2.45) is 0 Å². The van der Waals surface area contributed by atoms with Crippen molar-refractivity contribution in [3.05, 3.63) is 0 Å². The molecule has 1 nitrogen and oxygen atoms in total. The molecule has 0 aliphatic carbocycles. The lowest BCUT2D eigenvalue weighted by molar-refractivity contribution is -0.106. The van der Waals surface area contributed by atoms with E-state index in [1.165, 1.54) is 6.92 Å². The highest BCUT2D eigenvalue weighted by Crippen LogP contribution is 1.13. The maximum absolute atomic E-state index is 8.81. The fraction of sp³-hybridized carbons (Fsp3) is 0.333.